The van der Waals surface area contributed by atoms with E-state index in [1.165, 1.54) is 5.69 Å². The number of nitrogens with zero attached hydrogens (tertiary/aromatic N) is 2. The van der Waals surface area contributed by atoms with Crippen molar-refractivity contribution in [2.75, 3.05) is 32.8 Å². The van der Waals surface area contributed by atoms with Crippen molar-refractivity contribution < 1.29 is 4.74 Å². The van der Waals surface area contributed by atoms with Crippen LogP contribution in [0.15, 0.2) is 6.07 Å². The van der Waals surface area contributed by atoms with Gasteiger partial charge in [0.05, 0.1) is 18.9 Å². The molecule has 2 N–H and O–H groups in total. The van der Waals surface area contributed by atoms with Crippen LogP contribution in [-0.4, -0.2) is 54.0 Å². The third-order valence-corrected chi connectivity index (χ3v) is 3.32. The number of ether oxygens (including phenoxy) is 1. The van der Waals surface area contributed by atoms with E-state index in [4.69, 9.17) is 4.74 Å². The molecular weight excluding hydrogens is 228 g/mol. The Hall–Kier alpha value is -0.910. The number of nitrogens with one attached hydrogen (secondary N) is 2. The monoisotopic (exact) mass is 252 g/mol. The van der Waals surface area contributed by atoms with Crippen molar-refractivity contribution in [3.8, 4) is 0 Å². The van der Waals surface area contributed by atoms with Crippen molar-refractivity contribution in [3.63, 3.8) is 0 Å². The zero-order chi connectivity index (χ0) is 12.8. The van der Waals surface area contributed by atoms with Crippen LogP contribution in [-0.2, 0) is 17.7 Å². The van der Waals surface area contributed by atoms with Gasteiger partial charge >= 0.3 is 0 Å². The SMILES string of the molecule is CCc1cc(CNC(C)CN2CCOCC2)[nH]n1. The highest BCUT2D eigenvalue weighted by Crippen LogP contribution is 2.02. The molecule has 5 heteroatoms. The average Bonchev–Trinajstić information content (AvgIpc) is 2.85. The van der Waals surface area contributed by atoms with Crippen LogP contribution in [0, 0.1) is 0 Å². The maximum Gasteiger partial charge on any atom is 0.0622 e. The van der Waals surface area contributed by atoms with E-state index in [1.54, 1.807) is 0 Å². The Kier molecular flexibility index (Phi) is 5.16. The van der Waals surface area contributed by atoms with Gasteiger partial charge in [-0.25, -0.2) is 0 Å². The molecule has 0 saturated carbocycles. The molecule has 0 aromatic carbocycles. The number of H-pyrrole nitrogens is 1. The molecule has 0 spiro atoms. The summed E-state index contributed by atoms with van der Waals surface area (Å²) in [5.74, 6) is 0. The molecule has 1 aromatic heterocycles. The first-order valence-electron chi connectivity index (χ1n) is 6.84. The molecular formula is C13H24N4O. The Morgan fingerprint density at radius 3 is 2.94 bits per heavy atom. The fraction of sp³-hybridized carbons (Fsp3) is 0.769. The fourth-order valence-electron chi connectivity index (χ4n) is 2.20. The molecule has 5 nitrogen and oxygen atoms in total. The lowest BCUT2D eigenvalue weighted by Gasteiger charge is -2.29. The largest absolute Gasteiger partial charge is 0.379 e. The van der Waals surface area contributed by atoms with Crippen molar-refractivity contribution in [3.05, 3.63) is 17.5 Å². The van der Waals surface area contributed by atoms with Gasteiger partial charge in [0.25, 0.3) is 0 Å². The van der Waals surface area contributed by atoms with Crippen molar-refractivity contribution >= 4 is 0 Å². The fourth-order valence-corrected chi connectivity index (χ4v) is 2.20. The molecule has 0 radical (unpaired) electrons. The van der Waals surface area contributed by atoms with Gasteiger partial charge in [-0.05, 0) is 19.4 Å². The highest BCUT2D eigenvalue weighted by atomic mass is 16.5. The van der Waals surface area contributed by atoms with Gasteiger partial charge < -0.3 is 10.1 Å². The zero-order valence-electron chi connectivity index (χ0n) is 11.4. The van der Waals surface area contributed by atoms with E-state index < -0.39 is 0 Å². The van der Waals surface area contributed by atoms with E-state index in [-0.39, 0.29) is 0 Å². The second kappa shape index (κ2) is 6.87. The molecule has 102 valence electrons. The summed E-state index contributed by atoms with van der Waals surface area (Å²) in [6.07, 6.45) is 0.986. The van der Waals surface area contributed by atoms with Gasteiger partial charge in [-0.15, -0.1) is 0 Å². The van der Waals surface area contributed by atoms with Crippen LogP contribution in [0.25, 0.3) is 0 Å². The zero-order valence-corrected chi connectivity index (χ0v) is 11.4. The topological polar surface area (TPSA) is 53.2 Å². The molecule has 0 amide bonds. The molecule has 1 fully saturated rings. The van der Waals surface area contributed by atoms with Crippen molar-refractivity contribution in [1.82, 2.24) is 20.4 Å². The molecule has 2 heterocycles. The maximum atomic E-state index is 5.35. The lowest BCUT2D eigenvalue weighted by atomic mass is 10.2. The normalized spacial score (nSPS) is 19.0. The van der Waals surface area contributed by atoms with Crippen molar-refractivity contribution in [1.29, 1.82) is 0 Å². The Balaban J connectivity index is 1.68. The first kappa shape index (κ1) is 13.5. The maximum absolute atomic E-state index is 5.35. The average molecular weight is 252 g/mol. The second-order valence-corrected chi connectivity index (χ2v) is 4.93. The predicted octanol–water partition coefficient (Wildman–Crippen LogP) is 0.782. The van der Waals surface area contributed by atoms with Gasteiger partial charge in [0.1, 0.15) is 0 Å². The Morgan fingerprint density at radius 1 is 1.50 bits per heavy atom. The highest BCUT2D eigenvalue weighted by molar-refractivity contribution is 5.08. The van der Waals surface area contributed by atoms with E-state index >= 15 is 0 Å². The molecule has 1 atom stereocenters. The summed E-state index contributed by atoms with van der Waals surface area (Å²) in [6.45, 7) is 10.1. The number of rotatable bonds is 6. The van der Waals surface area contributed by atoms with Gasteiger partial charge in [-0.1, -0.05) is 6.92 Å². The third kappa shape index (κ3) is 4.08. The first-order chi connectivity index (χ1) is 8.78. The van der Waals surface area contributed by atoms with E-state index in [2.05, 4.69) is 40.3 Å². The summed E-state index contributed by atoms with van der Waals surface area (Å²) in [5.41, 5.74) is 2.30. The number of aromatic amines is 1. The molecule has 1 aromatic rings. The van der Waals surface area contributed by atoms with Crippen LogP contribution in [0.5, 0.6) is 0 Å². The third-order valence-electron chi connectivity index (χ3n) is 3.32. The molecule has 1 aliphatic rings. The summed E-state index contributed by atoms with van der Waals surface area (Å²) in [4.78, 5) is 2.45. The Morgan fingerprint density at radius 2 is 2.28 bits per heavy atom. The van der Waals surface area contributed by atoms with Gasteiger partial charge in [0.2, 0.25) is 0 Å². The summed E-state index contributed by atoms with van der Waals surface area (Å²) in [7, 11) is 0. The van der Waals surface area contributed by atoms with Gasteiger partial charge in [-0.2, -0.15) is 5.10 Å². The van der Waals surface area contributed by atoms with E-state index in [1.807, 2.05) is 0 Å². The van der Waals surface area contributed by atoms with E-state index in [0.717, 1.165) is 51.5 Å². The molecule has 1 unspecified atom stereocenters. The van der Waals surface area contributed by atoms with Crippen LogP contribution in [0.4, 0.5) is 0 Å². The van der Waals surface area contributed by atoms with Crippen LogP contribution < -0.4 is 5.32 Å². The lowest BCUT2D eigenvalue weighted by Crippen LogP contribution is -2.44. The number of hydrogen-bond acceptors (Lipinski definition) is 4. The second-order valence-electron chi connectivity index (χ2n) is 4.93. The molecule has 1 saturated heterocycles. The summed E-state index contributed by atoms with van der Waals surface area (Å²) < 4.78 is 5.35. The smallest absolute Gasteiger partial charge is 0.0622 e. The number of aromatic nitrogens is 2. The van der Waals surface area contributed by atoms with E-state index in [9.17, 15) is 0 Å². The molecule has 2 rings (SSSR count). The van der Waals surface area contributed by atoms with Gasteiger partial charge in [0, 0.05) is 37.9 Å². The molecule has 1 aliphatic heterocycles. The Bertz CT molecular complexity index is 347. The lowest BCUT2D eigenvalue weighted by molar-refractivity contribution is 0.0343. The minimum atomic E-state index is 0.483. The van der Waals surface area contributed by atoms with Crippen molar-refractivity contribution in [2.24, 2.45) is 0 Å². The number of hydrogen-bond donors (Lipinski definition) is 2. The Labute approximate surface area is 109 Å². The summed E-state index contributed by atoms with van der Waals surface area (Å²) in [5, 5.41) is 10.8. The quantitative estimate of drug-likeness (QED) is 0.786. The highest BCUT2D eigenvalue weighted by Gasteiger charge is 2.13. The van der Waals surface area contributed by atoms with Gasteiger partial charge in [-0.3, -0.25) is 10.00 Å². The molecule has 0 aliphatic carbocycles. The number of aryl methyl sites for hydroxylation is 1. The van der Waals surface area contributed by atoms with Crippen LogP contribution in [0.1, 0.15) is 25.2 Å². The number of morpholine rings is 1. The minimum Gasteiger partial charge on any atom is -0.379 e. The van der Waals surface area contributed by atoms with Crippen molar-refractivity contribution in [2.45, 2.75) is 32.9 Å². The summed E-state index contributed by atoms with van der Waals surface area (Å²) in [6, 6.07) is 2.62. The minimum absolute atomic E-state index is 0.483. The van der Waals surface area contributed by atoms with E-state index in [0.29, 0.717) is 6.04 Å². The standard InChI is InChI=1S/C13H24N4O/c1-3-12-8-13(16-15-12)9-14-11(2)10-17-4-6-18-7-5-17/h8,11,14H,3-7,9-10H2,1-2H3,(H,15,16). The van der Waals surface area contributed by atoms with Crippen LogP contribution in [0.2, 0.25) is 0 Å². The van der Waals surface area contributed by atoms with Gasteiger partial charge in [0.15, 0.2) is 0 Å². The van der Waals surface area contributed by atoms with Crippen LogP contribution in [0.3, 0.4) is 0 Å². The molecule has 0 bridgehead atoms. The molecule has 18 heavy (non-hydrogen) atoms. The van der Waals surface area contributed by atoms with Crippen LogP contribution >= 0.6 is 0 Å². The first-order valence-corrected chi connectivity index (χ1v) is 6.84. The summed E-state index contributed by atoms with van der Waals surface area (Å²) >= 11 is 0. The predicted molar refractivity (Wildman–Crippen MR) is 71.5 cm³/mol.